The second-order valence-corrected chi connectivity index (χ2v) is 5.21. The first-order valence-corrected chi connectivity index (χ1v) is 7.03. The molecule has 0 aromatic heterocycles. The summed E-state index contributed by atoms with van der Waals surface area (Å²) in [6.07, 6.45) is -0.913. The van der Waals surface area contributed by atoms with Gasteiger partial charge in [0.25, 0.3) is 0 Å². The smallest absolute Gasteiger partial charge is 0.303 e. The summed E-state index contributed by atoms with van der Waals surface area (Å²) in [4.78, 5) is 26.0. The molecule has 0 fully saturated rings. The maximum Gasteiger partial charge on any atom is 0.303 e. The van der Waals surface area contributed by atoms with Crippen molar-refractivity contribution in [3.63, 3.8) is 0 Å². The lowest BCUT2D eigenvalue weighted by Crippen LogP contribution is -2.19. The van der Waals surface area contributed by atoms with E-state index in [1.54, 1.807) is 24.3 Å². The lowest BCUT2D eigenvalue weighted by Gasteiger charge is -2.17. The van der Waals surface area contributed by atoms with Crippen LogP contribution in [0.2, 0.25) is 0 Å². The van der Waals surface area contributed by atoms with Crippen molar-refractivity contribution in [1.29, 1.82) is 0 Å². The van der Waals surface area contributed by atoms with E-state index in [1.807, 2.05) is 49.3 Å². The summed E-state index contributed by atoms with van der Waals surface area (Å²) >= 11 is 0. The number of carbonyl (C=O) groups is 2. The zero-order valence-electron chi connectivity index (χ0n) is 12.9. The summed E-state index contributed by atoms with van der Waals surface area (Å²) in [6.45, 7) is 1.30. The fourth-order valence-electron chi connectivity index (χ4n) is 2.14. The monoisotopic (exact) mass is 297 g/mol. The summed E-state index contributed by atoms with van der Waals surface area (Å²) in [5.74, 6) is -0.709. The lowest BCUT2D eigenvalue weighted by atomic mass is 9.99. The van der Waals surface area contributed by atoms with E-state index in [1.165, 1.54) is 6.92 Å². The van der Waals surface area contributed by atoms with Gasteiger partial charge in [-0.1, -0.05) is 30.3 Å². The minimum Gasteiger partial charge on any atom is -0.449 e. The van der Waals surface area contributed by atoms with Gasteiger partial charge in [0.05, 0.1) is 0 Å². The van der Waals surface area contributed by atoms with Gasteiger partial charge in [-0.05, 0) is 24.3 Å². The van der Waals surface area contributed by atoms with Crippen molar-refractivity contribution >= 4 is 17.4 Å². The molecular weight excluding hydrogens is 278 g/mol. The van der Waals surface area contributed by atoms with E-state index in [-0.39, 0.29) is 5.78 Å². The maximum absolute atomic E-state index is 12.7. The molecule has 4 heteroatoms. The molecule has 2 rings (SSSR count). The number of nitrogens with zero attached hydrogens (tertiary/aromatic N) is 1. The maximum atomic E-state index is 12.7. The third kappa shape index (κ3) is 3.73. The van der Waals surface area contributed by atoms with E-state index in [0.717, 1.165) is 5.69 Å². The molecule has 2 aromatic rings. The second-order valence-electron chi connectivity index (χ2n) is 5.21. The van der Waals surface area contributed by atoms with Gasteiger partial charge in [-0.2, -0.15) is 0 Å². The zero-order chi connectivity index (χ0) is 16.1. The number of rotatable bonds is 5. The number of anilines is 1. The van der Waals surface area contributed by atoms with Crippen LogP contribution in [0.3, 0.4) is 0 Å². The number of hydrogen-bond donors (Lipinski definition) is 0. The van der Waals surface area contributed by atoms with Gasteiger partial charge in [0.1, 0.15) is 0 Å². The van der Waals surface area contributed by atoms with Gasteiger partial charge in [-0.3, -0.25) is 9.59 Å². The molecule has 0 spiro atoms. The van der Waals surface area contributed by atoms with E-state index in [0.29, 0.717) is 11.1 Å². The van der Waals surface area contributed by atoms with Crippen LogP contribution in [0.4, 0.5) is 5.69 Å². The highest BCUT2D eigenvalue weighted by Gasteiger charge is 2.24. The van der Waals surface area contributed by atoms with Gasteiger partial charge in [0.15, 0.2) is 6.10 Å². The molecule has 1 atom stereocenters. The standard InChI is InChI=1S/C18H19NO3/c1-13(20)22-18(15-7-5-4-6-8-15)17(21)14-9-11-16(12-10-14)19(2)3/h4-12,18H,1-3H3/t18-/m1/s1. The number of Topliss-reactive ketones (excluding diaryl/α,β-unsaturated/α-hetero) is 1. The van der Waals surface area contributed by atoms with E-state index >= 15 is 0 Å². The molecule has 0 amide bonds. The average molecular weight is 297 g/mol. The van der Waals surface area contributed by atoms with Crippen LogP contribution in [0, 0.1) is 0 Å². The second kappa shape index (κ2) is 6.89. The van der Waals surface area contributed by atoms with Crippen LogP contribution in [0.15, 0.2) is 54.6 Å². The Hall–Kier alpha value is -2.62. The Morgan fingerprint density at radius 3 is 2.05 bits per heavy atom. The van der Waals surface area contributed by atoms with Crippen molar-refractivity contribution in [3.8, 4) is 0 Å². The first kappa shape index (κ1) is 15.8. The van der Waals surface area contributed by atoms with E-state index < -0.39 is 12.1 Å². The number of hydrogen-bond acceptors (Lipinski definition) is 4. The van der Waals surface area contributed by atoms with E-state index in [2.05, 4.69) is 0 Å². The number of ether oxygens (including phenoxy) is 1. The number of benzene rings is 2. The molecule has 0 aliphatic carbocycles. The molecule has 0 unspecified atom stereocenters. The molecule has 114 valence electrons. The Morgan fingerprint density at radius 2 is 1.55 bits per heavy atom. The van der Waals surface area contributed by atoms with Crippen molar-refractivity contribution < 1.29 is 14.3 Å². The number of esters is 1. The van der Waals surface area contributed by atoms with Crippen LogP contribution in [0.1, 0.15) is 28.9 Å². The Balaban J connectivity index is 2.31. The van der Waals surface area contributed by atoms with Gasteiger partial charge < -0.3 is 9.64 Å². The molecular formula is C18H19NO3. The molecule has 2 aromatic carbocycles. The van der Waals surface area contributed by atoms with Crippen LogP contribution < -0.4 is 4.90 Å². The van der Waals surface area contributed by atoms with Crippen LogP contribution >= 0.6 is 0 Å². The summed E-state index contributed by atoms with van der Waals surface area (Å²) in [5.41, 5.74) is 2.18. The molecule has 0 saturated heterocycles. The largest absolute Gasteiger partial charge is 0.449 e. The van der Waals surface area contributed by atoms with Crippen LogP contribution in [-0.2, 0) is 9.53 Å². The molecule has 4 nitrogen and oxygen atoms in total. The highest BCUT2D eigenvalue weighted by molar-refractivity contribution is 6.01. The Morgan fingerprint density at radius 1 is 0.955 bits per heavy atom. The Bertz CT molecular complexity index is 648. The molecule has 0 heterocycles. The topological polar surface area (TPSA) is 46.6 Å². The van der Waals surface area contributed by atoms with Crippen molar-refractivity contribution in [2.24, 2.45) is 0 Å². The lowest BCUT2D eigenvalue weighted by molar-refractivity contribution is -0.144. The minimum absolute atomic E-state index is 0.230. The van der Waals surface area contributed by atoms with Crippen molar-refractivity contribution in [3.05, 3.63) is 65.7 Å². The van der Waals surface area contributed by atoms with Gasteiger partial charge >= 0.3 is 5.97 Å². The third-order valence-corrected chi connectivity index (χ3v) is 3.29. The van der Waals surface area contributed by atoms with Crippen LogP contribution in [0.25, 0.3) is 0 Å². The first-order chi connectivity index (χ1) is 10.5. The summed E-state index contributed by atoms with van der Waals surface area (Å²) in [6, 6.07) is 16.3. The Labute approximate surface area is 130 Å². The summed E-state index contributed by atoms with van der Waals surface area (Å²) < 4.78 is 5.23. The quantitative estimate of drug-likeness (QED) is 0.628. The highest BCUT2D eigenvalue weighted by Crippen LogP contribution is 2.24. The minimum atomic E-state index is -0.913. The predicted octanol–water partition coefficient (Wildman–Crippen LogP) is 3.24. The average Bonchev–Trinajstić information content (AvgIpc) is 2.52. The number of ketones is 1. The third-order valence-electron chi connectivity index (χ3n) is 3.29. The fourth-order valence-corrected chi connectivity index (χ4v) is 2.14. The molecule has 0 radical (unpaired) electrons. The summed E-state index contributed by atoms with van der Waals surface area (Å²) in [7, 11) is 3.87. The normalized spacial score (nSPS) is 11.6. The zero-order valence-corrected chi connectivity index (χ0v) is 12.9. The molecule has 22 heavy (non-hydrogen) atoms. The van der Waals surface area contributed by atoms with Crippen molar-refractivity contribution in [2.75, 3.05) is 19.0 Å². The molecule has 0 aliphatic heterocycles. The van der Waals surface area contributed by atoms with Crippen molar-refractivity contribution in [2.45, 2.75) is 13.0 Å². The first-order valence-electron chi connectivity index (χ1n) is 7.03. The van der Waals surface area contributed by atoms with E-state index in [9.17, 15) is 9.59 Å². The highest BCUT2D eigenvalue weighted by atomic mass is 16.5. The SMILES string of the molecule is CC(=O)O[C@@H](C(=O)c1ccc(N(C)C)cc1)c1ccccc1. The fraction of sp³-hybridized carbons (Fsp3) is 0.222. The predicted molar refractivity (Wildman–Crippen MR) is 86.0 cm³/mol. The molecule has 0 bridgehead atoms. The molecule has 0 N–H and O–H groups in total. The van der Waals surface area contributed by atoms with Gasteiger partial charge in [-0.15, -0.1) is 0 Å². The van der Waals surface area contributed by atoms with E-state index in [4.69, 9.17) is 4.74 Å². The molecule has 0 saturated carbocycles. The van der Waals surface area contributed by atoms with Crippen LogP contribution in [-0.4, -0.2) is 25.8 Å². The number of carbonyl (C=O) groups excluding carboxylic acids is 2. The van der Waals surface area contributed by atoms with Gasteiger partial charge in [-0.25, -0.2) is 0 Å². The van der Waals surface area contributed by atoms with Crippen molar-refractivity contribution in [1.82, 2.24) is 0 Å². The Kier molecular flexibility index (Phi) is 4.94. The summed E-state index contributed by atoms with van der Waals surface area (Å²) in [5, 5.41) is 0. The van der Waals surface area contributed by atoms with Gasteiger partial charge in [0.2, 0.25) is 5.78 Å². The molecule has 0 aliphatic rings. The van der Waals surface area contributed by atoms with Crippen LogP contribution in [0.5, 0.6) is 0 Å². The van der Waals surface area contributed by atoms with Gasteiger partial charge in [0, 0.05) is 37.8 Å².